The predicted molar refractivity (Wildman–Crippen MR) is 85.5 cm³/mol. The molecule has 6 heteroatoms. The fraction of sp³-hybridized carbons (Fsp3) is 0.462. The number of thioether (sulfide) groups is 1. The summed E-state index contributed by atoms with van der Waals surface area (Å²) in [6, 6.07) is 5.38. The molecule has 1 saturated heterocycles. The minimum atomic E-state index is 0.0181. The third kappa shape index (κ3) is 4.40. The molecule has 1 amide bonds. The molecule has 0 bridgehead atoms. The van der Waals surface area contributed by atoms with Crippen molar-refractivity contribution in [3.8, 4) is 0 Å². The molecule has 1 atom stereocenters. The molecule has 19 heavy (non-hydrogen) atoms. The number of halogens is 1. The molecule has 1 heterocycles. The first kappa shape index (κ1) is 14.7. The predicted octanol–water partition coefficient (Wildman–Crippen LogP) is 2.41. The van der Waals surface area contributed by atoms with E-state index in [1.165, 1.54) is 0 Å². The zero-order valence-corrected chi connectivity index (χ0v) is 13.3. The molecule has 1 aromatic carbocycles. The zero-order chi connectivity index (χ0) is 13.8. The van der Waals surface area contributed by atoms with Gasteiger partial charge in [0, 0.05) is 34.3 Å². The van der Waals surface area contributed by atoms with Gasteiger partial charge in [0.1, 0.15) is 0 Å². The van der Waals surface area contributed by atoms with E-state index in [1.807, 2.05) is 17.8 Å². The fourth-order valence-electron chi connectivity index (χ4n) is 2.06. The summed E-state index contributed by atoms with van der Waals surface area (Å²) in [7, 11) is 0. The van der Waals surface area contributed by atoms with Crippen LogP contribution < -0.4 is 11.1 Å². The van der Waals surface area contributed by atoms with Crippen LogP contribution in [0.4, 0.5) is 11.4 Å². The Bertz CT molecular complexity index is 469. The second-order valence-corrected chi connectivity index (χ2v) is 7.10. The van der Waals surface area contributed by atoms with Crippen LogP contribution >= 0.6 is 27.7 Å². The summed E-state index contributed by atoms with van der Waals surface area (Å²) in [6.45, 7) is 4.60. The first-order valence-corrected chi connectivity index (χ1v) is 8.07. The molecule has 0 radical (unpaired) electrons. The summed E-state index contributed by atoms with van der Waals surface area (Å²) >= 11 is 5.36. The lowest BCUT2D eigenvalue weighted by atomic mass is 10.3. The van der Waals surface area contributed by atoms with Crippen molar-refractivity contribution in [2.24, 2.45) is 0 Å². The number of rotatable bonds is 3. The Morgan fingerprint density at radius 1 is 1.63 bits per heavy atom. The number of nitrogens with two attached hydrogens (primary N) is 1. The fourth-order valence-corrected chi connectivity index (χ4v) is 3.64. The molecule has 3 N–H and O–H groups in total. The van der Waals surface area contributed by atoms with Crippen molar-refractivity contribution in [2.45, 2.75) is 12.2 Å². The molecule has 4 nitrogen and oxygen atoms in total. The zero-order valence-electron chi connectivity index (χ0n) is 10.9. The van der Waals surface area contributed by atoms with Gasteiger partial charge in [-0.2, -0.15) is 11.8 Å². The molecular formula is C13H18BrN3OS. The molecule has 0 spiro atoms. The van der Waals surface area contributed by atoms with E-state index in [-0.39, 0.29) is 5.91 Å². The normalized spacial score (nSPS) is 20.2. The molecule has 0 saturated carbocycles. The Labute approximate surface area is 126 Å². The number of nitrogen functional groups attached to an aromatic ring is 1. The molecule has 0 aromatic heterocycles. The van der Waals surface area contributed by atoms with E-state index in [0.717, 1.165) is 29.0 Å². The summed E-state index contributed by atoms with van der Waals surface area (Å²) in [5.41, 5.74) is 7.11. The van der Waals surface area contributed by atoms with Crippen molar-refractivity contribution in [1.82, 2.24) is 4.90 Å². The highest BCUT2D eigenvalue weighted by molar-refractivity contribution is 9.10. The van der Waals surface area contributed by atoms with Crippen molar-refractivity contribution in [3.63, 3.8) is 0 Å². The van der Waals surface area contributed by atoms with Gasteiger partial charge in [0.05, 0.1) is 12.2 Å². The second kappa shape index (κ2) is 6.63. The van der Waals surface area contributed by atoms with E-state index in [4.69, 9.17) is 5.73 Å². The summed E-state index contributed by atoms with van der Waals surface area (Å²) in [4.78, 5) is 14.2. The summed E-state index contributed by atoms with van der Waals surface area (Å²) < 4.78 is 0.809. The van der Waals surface area contributed by atoms with Gasteiger partial charge in [-0.3, -0.25) is 9.69 Å². The van der Waals surface area contributed by atoms with E-state index in [2.05, 4.69) is 33.1 Å². The maximum Gasteiger partial charge on any atom is 0.238 e. The quantitative estimate of drug-likeness (QED) is 0.827. The van der Waals surface area contributed by atoms with Gasteiger partial charge in [-0.25, -0.2) is 0 Å². The van der Waals surface area contributed by atoms with Crippen LogP contribution in [0.2, 0.25) is 0 Å². The monoisotopic (exact) mass is 343 g/mol. The Hall–Kier alpha value is -0.720. The van der Waals surface area contributed by atoms with E-state index in [1.54, 1.807) is 12.1 Å². The summed E-state index contributed by atoms with van der Waals surface area (Å²) in [6.07, 6.45) is 0. The number of anilines is 2. The van der Waals surface area contributed by atoms with Crippen LogP contribution in [0.5, 0.6) is 0 Å². The number of carbonyl (C=O) groups is 1. The molecule has 1 aromatic rings. The minimum absolute atomic E-state index is 0.0181. The molecule has 1 unspecified atom stereocenters. The molecular weight excluding hydrogens is 326 g/mol. The highest BCUT2D eigenvalue weighted by Crippen LogP contribution is 2.24. The van der Waals surface area contributed by atoms with Crippen LogP contribution in [0.3, 0.4) is 0 Å². The number of hydrogen-bond acceptors (Lipinski definition) is 4. The summed E-state index contributed by atoms with van der Waals surface area (Å²) in [5.74, 6) is 1.12. The van der Waals surface area contributed by atoms with Crippen LogP contribution in [0.15, 0.2) is 22.7 Å². The van der Waals surface area contributed by atoms with Crippen molar-refractivity contribution < 1.29 is 4.79 Å². The van der Waals surface area contributed by atoms with Gasteiger partial charge in [0.15, 0.2) is 0 Å². The third-order valence-electron chi connectivity index (χ3n) is 2.96. The van der Waals surface area contributed by atoms with Crippen LogP contribution in [0.1, 0.15) is 6.92 Å². The van der Waals surface area contributed by atoms with Gasteiger partial charge in [-0.05, 0) is 34.1 Å². The number of hydrogen-bond donors (Lipinski definition) is 2. The van der Waals surface area contributed by atoms with Gasteiger partial charge in [-0.1, -0.05) is 6.92 Å². The topological polar surface area (TPSA) is 58.4 Å². The minimum Gasteiger partial charge on any atom is -0.399 e. The Morgan fingerprint density at radius 3 is 3.11 bits per heavy atom. The Balaban J connectivity index is 1.90. The van der Waals surface area contributed by atoms with Crippen molar-refractivity contribution in [1.29, 1.82) is 0 Å². The standard InChI is InChI=1S/C13H18BrN3OS/c1-9-7-17(4-5-19-9)8-13(18)16-12-3-2-10(15)6-11(12)14/h2-3,6,9H,4-5,7-8,15H2,1H3,(H,16,18). The van der Waals surface area contributed by atoms with Crippen LogP contribution in [0, 0.1) is 0 Å². The van der Waals surface area contributed by atoms with Gasteiger partial charge in [-0.15, -0.1) is 0 Å². The van der Waals surface area contributed by atoms with Gasteiger partial charge in [0.2, 0.25) is 5.91 Å². The van der Waals surface area contributed by atoms with Crippen molar-refractivity contribution >= 4 is 45.0 Å². The van der Waals surface area contributed by atoms with Crippen LogP contribution in [-0.4, -0.2) is 41.4 Å². The van der Waals surface area contributed by atoms with Gasteiger partial charge in [0.25, 0.3) is 0 Å². The molecule has 1 fully saturated rings. The average molecular weight is 344 g/mol. The van der Waals surface area contributed by atoms with Gasteiger partial charge < -0.3 is 11.1 Å². The molecule has 0 aliphatic carbocycles. The molecule has 1 aliphatic heterocycles. The Kier molecular flexibility index (Phi) is 5.13. The van der Waals surface area contributed by atoms with E-state index >= 15 is 0 Å². The third-order valence-corrected chi connectivity index (χ3v) is 4.75. The maximum atomic E-state index is 12.0. The van der Waals surface area contributed by atoms with E-state index < -0.39 is 0 Å². The summed E-state index contributed by atoms with van der Waals surface area (Å²) in [5, 5.41) is 3.51. The van der Waals surface area contributed by atoms with E-state index in [0.29, 0.717) is 17.5 Å². The smallest absolute Gasteiger partial charge is 0.238 e. The Morgan fingerprint density at radius 2 is 2.42 bits per heavy atom. The first-order chi connectivity index (χ1) is 9.04. The lowest BCUT2D eigenvalue weighted by Crippen LogP contribution is -2.41. The van der Waals surface area contributed by atoms with Crippen LogP contribution in [0.25, 0.3) is 0 Å². The highest BCUT2D eigenvalue weighted by atomic mass is 79.9. The number of nitrogens with zero attached hydrogens (tertiary/aromatic N) is 1. The largest absolute Gasteiger partial charge is 0.399 e. The molecule has 1 aliphatic rings. The second-order valence-electron chi connectivity index (χ2n) is 4.70. The van der Waals surface area contributed by atoms with Crippen LogP contribution in [-0.2, 0) is 4.79 Å². The number of nitrogens with one attached hydrogen (secondary N) is 1. The molecule has 104 valence electrons. The number of carbonyl (C=O) groups excluding carboxylic acids is 1. The highest BCUT2D eigenvalue weighted by Gasteiger charge is 2.19. The number of amides is 1. The number of benzene rings is 1. The van der Waals surface area contributed by atoms with Crippen molar-refractivity contribution in [2.75, 3.05) is 36.4 Å². The molecule has 2 rings (SSSR count). The average Bonchev–Trinajstić information content (AvgIpc) is 2.33. The first-order valence-electron chi connectivity index (χ1n) is 6.23. The maximum absolute atomic E-state index is 12.0. The SMILES string of the molecule is CC1CN(CC(=O)Nc2ccc(N)cc2Br)CCS1. The van der Waals surface area contributed by atoms with Crippen molar-refractivity contribution in [3.05, 3.63) is 22.7 Å². The van der Waals surface area contributed by atoms with Gasteiger partial charge >= 0.3 is 0 Å². The lowest BCUT2D eigenvalue weighted by Gasteiger charge is -2.29. The lowest BCUT2D eigenvalue weighted by molar-refractivity contribution is -0.117. The van der Waals surface area contributed by atoms with E-state index in [9.17, 15) is 4.79 Å².